The molecule has 2 aliphatic rings. The molecular formula is C20H25N5O2. The van der Waals surface area contributed by atoms with Crippen LogP contribution in [0.2, 0.25) is 0 Å². The van der Waals surface area contributed by atoms with Crippen LogP contribution >= 0.6 is 0 Å². The van der Waals surface area contributed by atoms with Gasteiger partial charge >= 0.3 is 0 Å². The van der Waals surface area contributed by atoms with Crippen molar-refractivity contribution in [1.82, 2.24) is 20.1 Å². The van der Waals surface area contributed by atoms with Crippen LogP contribution in [-0.4, -0.2) is 26.6 Å². The molecule has 2 aliphatic heterocycles. The molecule has 27 heavy (non-hydrogen) atoms. The normalized spacial score (nSPS) is 17.1. The minimum atomic E-state index is -0.185. The Morgan fingerprint density at radius 2 is 2.04 bits per heavy atom. The van der Waals surface area contributed by atoms with Gasteiger partial charge in [-0.15, -0.1) is 10.2 Å². The van der Waals surface area contributed by atoms with Crippen LogP contribution in [0.3, 0.4) is 0 Å². The standard InChI is InChI=1S/C20H25N5O2/c1-12(2)18(19-24-23-16-6-4-10-25(16)19)22-20(27)14-8-9-15-13(11-14)5-3-7-17(26)21-15/h8-9,11-12,18H,3-7,10H2,1-2H3,(H,21,26)(H,22,27)/t18-/m1/s1. The SMILES string of the molecule is CC(C)[C@@H](NC(=O)c1ccc2c(c1)CCCC(=O)N2)c1nnc2n1CCC2. The van der Waals surface area contributed by atoms with E-state index in [1.165, 1.54) is 0 Å². The number of amides is 2. The van der Waals surface area contributed by atoms with Gasteiger partial charge in [0.1, 0.15) is 5.82 Å². The van der Waals surface area contributed by atoms with Crippen molar-refractivity contribution in [2.75, 3.05) is 5.32 Å². The number of fused-ring (bicyclic) bond motifs is 2. The van der Waals surface area contributed by atoms with E-state index in [0.717, 1.165) is 55.1 Å². The van der Waals surface area contributed by atoms with Crippen molar-refractivity contribution in [3.05, 3.63) is 41.0 Å². The molecule has 0 bridgehead atoms. The molecule has 0 unspecified atom stereocenters. The first-order valence-electron chi connectivity index (χ1n) is 9.68. The molecule has 0 saturated heterocycles. The Morgan fingerprint density at radius 3 is 2.85 bits per heavy atom. The topological polar surface area (TPSA) is 88.9 Å². The first kappa shape index (κ1) is 17.7. The zero-order chi connectivity index (χ0) is 19.0. The van der Waals surface area contributed by atoms with Crippen LogP contribution in [0.1, 0.15) is 66.7 Å². The number of nitrogens with one attached hydrogen (secondary N) is 2. The van der Waals surface area contributed by atoms with Gasteiger partial charge in [0.05, 0.1) is 6.04 Å². The molecule has 1 aromatic heterocycles. The molecule has 2 aromatic rings. The third-order valence-electron chi connectivity index (χ3n) is 5.36. The van der Waals surface area contributed by atoms with Gasteiger partial charge in [-0.1, -0.05) is 13.8 Å². The fourth-order valence-electron chi connectivity index (χ4n) is 3.87. The number of carbonyl (C=O) groups excluding carboxylic acids is 2. The fraction of sp³-hybridized carbons (Fsp3) is 0.500. The summed E-state index contributed by atoms with van der Waals surface area (Å²) in [6.07, 6.45) is 4.13. The maximum absolute atomic E-state index is 12.9. The van der Waals surface area contributed by atoms with Gasteiger partial charge in [-0.3, -0.25) is 9.59 Å². The highest BCUT2D eigenvalue weighted by Crippen LogP contribution is 2.26. The average Bonchev–Trinajstić information content (AvgIpc) is 3.19. The molecule has 0 spiro atoms. The molecule has 0 fully saturated rings. The Hall–Kier alpha value is -2.70. The van der Waals surface area contributed by atoms with E-state index in [1.54, 1.807) is 6.07 Å². The maximum atomic E-state index is 12.9. The molecule has 0 radical (unpaired) electrons. The predicted octanol–water partition coefficient (Wildman–Crippen LogP) is 2.63. The lowest BCUT2D eigenvalue weighted by Crippen LogP contribution is -2.33. The van der Waals surface area contributed by atoms with E-state index in [9.17, 15) is 9.59 Å². The second-order valence-electron chi connectivity index (χ2n) is 7.70. The maximum Gasteiger partial charge on any atom is 0.251 e. The number of nitrogens with zero attached hydrogens (tertiary/aromatic N) is 3. The number of rotatable bonds is 4. The quantitative estimate of drug-likeness (QED) is 0.869. The van der Waals surface area contributed by atoms with E-state index in [1.807, 2.05) is 12.1 Å². The first-order chi connectivity index (χ1) is 13.0. The minimum absolute atomic E-state index is 0.0338. The smallest absolute Gasteiger partial charge is 0.251 e. The minimum Gasteiger partial charge on any atom is -0.342 e. The number of benzene rings is 1. The number of aromatic nitrogens is 3. The van der Waals surface area contributed by atoms with E-state index in [4.69, 9.17) is 0 Å². The van der Waals surface area contributed by atoms with E-state index < -0.39 is 0 Å². The van der Waals surface area contributed by atoms with E-state index in [0.29, 0.717) is 12.0 Å². The number of hydrogen-bond acceptors (Lipinski definition) is 4. The van der Waals surface area contributed by atoms with Crippen molar-refractivity contribution >= 4 is 17.5 Å². The summed E-state index contributed by atoms with van der Waals surface area (Å²) >= 11 is 0. The summed E-state index contributed by atoms with van der Waals surface area (Å²) in [6.45, 7) is 5.07. The van der Waals surface area contributed by atoms with E-state index >= 15 is 0 Å². The van der Waals surface area contributed by atoms with Crippen molar-refractivity contribution in [3.63, 3.8) is 0 Å². The zero-order valence-corrected chi connectivity index (χ0v) is 15.8. The summed E-state index contributed by atoms with van der Waals surface area (Å²) in [4.78, 5) is 24.6. The molecule has 1 aromatic carbocycles. The summed E-state index contributed by atoms with van der Waals surface area (Å²) in [7, 11) is 0. The molecule has 7 heteroatoms. The summed E-state index contributed by atoms with van der Waals surface area (Å²) in [5.41, 5.74) is 2.43. The van der Waals surface area contributed by atoms with Crippen LogP contribution in [-0.2, 0) is 24.2 Å². The highest BCUT2D eigenvalue weighted by Gasteiger charge is 2.28. The third kappa shape index (κ3) is 3.46. The molecule has 2 N–H and O–H groups in total. The molecule has 4 rings (SSSR count). The van der Waals surface area contributed by atoms with Gasteiger partial charge in [-0.05, 0) is 48.9 Å². The van der Waals surface area contributed by atoms with Crippen molar-refractivity contribution < 1.29 is 9.59 Å². The van der Waals surface area contributed by atoms with Gasteiger partial charge < -0.3 is 15.2 Å². The van der Waals surface area contributed by atoms with Crippen LogP contribution in [0.5, 0.6) is 0 Å². The van der Waals surface area contributed by atoms with Crippen LogP contribution in [0.25, 0.3) is 0 Å². The molecule has 0 saturated carbocycles. The van der Waals surface area contributed by atoms with Crippen molar-refractivity contribution in [2.24, 2.45) is 5.92 Å². The Morgan fingerprint density at radius 1 is 1.19 bits per heavy atom. The second-order valence-corrected chi connectivity index (χ2v) is 7.70. The van der Waals surface area contributed by atoms with Gasteiger partial charge in [-0.2, -0.15) is 0 Å². The lowest BCUT2D eigenvalue weighted by atomic mass is 10.0. The van der Waals surface area contributed by atoms with Gasteiger partial charge in [0.25, 0.3) is 5.91 Å². The van der Waals surface area contributed by atoms with E-state index in [-0.39, 0.29) is 23.8 Å². The summed E-state index contributed by atoms with van der Waals surface area (Å²) in [5, 5.41) is 14.7. The highest BCUT2D eigenvalue weighted by molar-refractivity contribution is 5.97. The second kappa shape index (κ2) is 7.13. The third-order valence-corrected chi connectivity index (χ3v) is 5.36. The highest BCUT2D eigenvalue weighted by atomic mass is 16.2. The van der Waals surface area contributed by atoms with Gasteiger partial charge in [0, 0.05) is 30.6 Å². The van der Waals surface area contributed by atoms with Crippen molar-refractivity contribution in [2.45, 2.75) is 58.5 Å². The first-order valence-corrected chi connectivity index (χ1v) is 9.68. The average molecular weight is 367 g/mol. The molecule has 142 valence electrons. The summed E-state index contributed by atoms with van der Waals surface area (Å²) in [5.74, 6) is 1.95. The Labute approximate surface area is 158 Å². The van der Waals surface area contributed by atoms with Gasteiger partial charge in [-0.25, -0.2) is 0 Å². The van der Waals surface area contributed by atoms with Gasteiger partial charge in [0.15, 0.2) is 5.82 Å². The van der Waals surface area contributed by atoms with E-state index in [2.05, 4.69) is 39.2 Å². The monoisotopic (exact) mass is 367 g/mol. The predicted molar refractivity (Wildman–Crippen MR) is 101 cm³/mol. The largest absolute Gasteiger partial charge is 0.342 e. The lowest BCUT2D eigenvalue weighted by Gasteiger charge is -2.22. The molecular weight excluding hydrogens is 342 g/mol. The Bertz CT molecular complexity index is 886. The molecule has 7 nitrogen and oxygen atoms in total. The summed E-state index contributed by atoms with van der Waals surface area (Å²) < 4.78 is 2.14. The van der Waals surface area contributed by atoms with Crippen LogP contribution in [0.4, 0.5) is 5.69 Å². The number of anilines is 1. The Kier molecular flexibility index (Phi) is 4.68. The summed E-state index contributed by atoms with van der Waals surface area (Å²) in [6, 6.07) is 5.30. The van der Waals surface area contributed by atoms with Crippen LogP contribution < -0.4 is 10.6 Å². The number of aryl methyl sites for hydroxylation is 2. The molecule has 2 amide bonds. The lowest BCUT2D eigenvalue weighted by molar-refractivity contribution is -0.116. The van der Waals surface area contributed by atoms with Crippen LogP contribution in [0, 0.1) is 5.92 Å². The molecule has 1 atom stereocenters. The fourth-order valence-corrected chi connectivity index (χ4v) is 3.87. The molecule has 0 aliphatic carbocycles. The zero-order valence-electron chi connectivity index (χ0n) is 15.8. The van der Waals surface area contributed by atoms with Crippen molar-refractivity contribution in [3.8, 4) is 0 Å². The van der Waals surface area contributed by atoms with Crippen LogP contribution in [0.15, 0.2) is 18.2 Å². The number of carbonyl (C=O) groups is 2. The molecule has 3 heterocycles. The number of hydrogen-bond donors (Lipinski definition) is 2. The Balaban J connectivity index is 1.57. The van der Waals surface area contributed by atoms with Crippen molar-refractivity contribution in [1.29, 1.82) is 0 Å². The van der Waals surface area contributed by atoms with Gasteiger partial charge in [0.2, 0.25) is 5.91 Å².